The smallest absolute Gasteiger partial charge is 0.332 e. The molecule has 128 valence electrons. The first-order valence-corrected chi connectivity index (χ1v) is 8.11. The van der Waals surface area contributed by atoms with E-state index in [-0.39, 0.29) is 5.60 Å². The minimum atomic E-state index is -1.16. The van der Waals surface area contributed by atoms with E-state index >= 15 is 0 Å². The molecule has 0 radical (unpaired) electrons. The summed E-state index contributed by atoms with van der Waals surface area (Å²) in [5.41, 5.74) is -1.52. The van der Waals surface area contributed by atoms with Gasteiger partial charge in [0.05, 0.1) is 32.5 Å². The molecule has 1 aliphatic carbocycles. The molecule has 1 saturated carbocycles. The maximum Gasteiger partial charge on any atom is 0.332 e. The second-order valence-corrected chi connectivity index (χ2v) is 6.50. The third-order valence-electron chi connectivity index (χ3n) is 5.18. The van der Waals surface area contributed by atoms with Crippen LogP contribution in [0.25, 0.3) is 0 Å². The Morgan fingerprint density at radius 2 is 2.00 bits per heavy atom. The number of hydrogen-bond donors (Lipinski definition) is 1. The van der Waals surface area contributed by atoms with Crippen LogP contribution < -0.4 is 9.47 Å². The van der Waals surface area contributed by atoms with Crippen molar-refractivity contribution in [3.63, 3.8) is 0 Å². The lowest BCUT2D eigenvalue weighted by Crippen LogP contribution is -2.55. The molecule has 1 atom stereocenters. The third kappa shape index (κ3) is 2.67. The molecule has 23 heavy (non-hydrogen) atoms. The zero-order valence-electron chi connectivity index (χ0n) is 13.7. The quantitative estimate of drug-likeness (QED) is 0.914. The zero-order valence-corrected chi connectivity index (χ0v) is 13.7. The molecule has 7 heteroatoms. The van der Waals surface area contributed by atoms with Crippen molar-refractivity contribution in [3.8, 4) is 11.8 Å². The van der Waals surface area contributed by atoms with Gasteiger partial charge in [-0.2, -0.15) is 0 Å². The zero-order chi connectivity index (χ0) is 16.5. The second-order valence-electron chi connectivity index (χ2n) is 6.50. The number of aliphatic carboxylic acids is 1. The summed E-state index contributed by atoms with van der Waals surface area (Å²) in [7, 11) is 3.02. The Morgan fingerprint density at radius 3 is 2.61 bits per heavy atom. The fourth-order valence-corrected chi connectivity index (χ4v) is 3.98. The highest BCUT2D eigenvalue weighted by molar-refractivity contribution is 5.77. The van der Waals surface area contributed by atoms with Crippen LogP contribution in [0.3, 0.4) is 0 Å². The fraction of sp³-hybridized carbons (Fsp3) is 0.750. The van der Waals surface area contributed by atoms with Crippen LogP contribution in [0.4, 0.5) is 0 Å². The number of ether oxygens (including phenoxy) is 3. The highest BCUT2D eigenvalue weighted by Crippen LogP contribution is 2.46. The van der Waals surface area contributed by atoms with Gasteiger partial charge in [-0.25, -0.2) is 9.48 Å². The summed E-state index contributed by atoms with van der Waals surface area (Å²) in [5.74, 6) is -0.140. The second kappa shape index (κ2) is 6.03. The normalized spacial score (nSPS) is 26.9. The summed E-state index contributed by atoms with van der Waals surface area (Å²) in [5, 5.41) is 14.4. The Kier molecular flexibility index (Phi) is 4.23. The average molecular weight is 324 g/mol. The van der Waals surface area contributed by atoms with E-state index in [2.05, 4.69) is 5.10 Å². The van der Waals surface area contributed by atoms with Crippen LogP contribution >= 0.6 is 0 Å². The van der Waals surface area contributed by atoms with Crippen molar-refractivity contribution < 1.29 is 24.1 Å². The van der Waals surface area contributed by atoms with Crippen LogP contribution in [0, 0.1) is 0 Å². The monoisotopic (exact) mass is 324 g/mol. The molecule has 1 unspecified atom stereocenters. The van der Waals surface area contributed by atoms with Gasteiger partial charge in [-0.1, -0.05) is 19.3 Å². The molecule has 0 bridgehead atoms. The lowest BCUT2D eigenvalue weighted by atomic mass is 9.72. The Hall–Kier alpha value is -1.76. The van der Waals surface area contributed by atoms with E-state index < -0.39 is 11.5 Å². The van der Waals surface area contributed by atoms with Gasteiger partial charge in [0.2, 0.25) is 11.8 Å². The standard InChI is InChI=1S/C16H24N2O5/c1-21-12-10-13(22-2)18(17-12)16(14(19)20)8-9-23-15(11-16)6-4-3-5-7-15/h10H,3-9,11H2,1-2H3,(H,19,20). The topological polar surface area (TPSA) is 82.8 Å². The van der Waals surface area contributed by atoms with E-state index in [4.69, 9.17) is 14.2 Å². The van der Waals surface area contributed by atoms with Gasteiger partial charge in [0, 0.05) is 12.8 Å². The van der Waals surface area contributed by atoms with Crippen molar-refractivity contribution in [1.29, 1.82) is 0 Å². The summed E-state index contributed by atoms with van der Waals surface area (Å²) in [4.78, 5) is 12.3. The molecular formula is C16H24N2O5. The molecule has 1 N–H and O–H groups in total. The first-order valence-electron chi connectivity index (χ1n) is 8.11. The predicted octanol–water partition coefficient (Wildman–Crippen LogP) is 2.19. The summed E-state index contributed by atoms with van der Waals surface area (Å²) in [6, 6.07) is 1.62. The molecular weight excluding hydrogens is 300 g/mol. The summed E-state index contributed by atoms with van der Waals surface area (Å²) in [6.45, 7) is 0.414. The van der Waals surface area contributed by atoms with Crippen LogP contribution in [-0.2, 0) is 15.1 Å². The number of nitrogens with zero attached hydrogens (tertiary/aromatic N) is 2. The largest absolute Gasteiger partial charge is 0.481 e. The van der Waals surface area contributed by atoms with Crippen LogP contribution in [0.15, 0.2) is 6.07 Å². The van der Waals surface area contributed by atoms with E-state index in [0.29, 0.717) is 31.2 Å². The first-order chi connectivity index (χ1) is 11.1. The predicted molar refractivity (Wildman–Crippen MR) is 81.9 cm³/mol. The molecule has 1 aliphatic heterocycles. The summed E-state index contributed by atoms with van der Waals surface area (Å²) in [6.07, 6.45) is 5.93. The summed E-state index contributed by atoms with van der Waals surface area (Å²) >= 11 is 0. The van der Waals surface area contributed by atoms with Crippen LogP contribution in [-0.4, -0.2) is 47.3 Å². The lowest BCUT2D eigenvalue weighted by Gasteiger charge is -2.47. The minimum Gasteiger partial charge on any atom is -0.481 e. The van der Waals surface area contributed by atoms with E-state index in [1.54, 1.807) is 6.07 Å². The number of rotatable bonds is 4. The van der Waals surface area contributed by atoms with Crippen molar-refractivity contribution in [2.75, 3.05) is 20.8 Å². The van der Waals surface area contributed by atoms with Gasteiger partial charge in [-0.15, -0.1) is 5.10 Å². The lowest BCUT2D eigenvalue weighted by molar-refractivity contribution is -0.175. The van der Waals surface area contributed by atoms with E-state index in [0.717, 1.165) is 25.7 Å². The molecule has 1 aromatic heterocycles. The van der Waals surface area contributed by atoms with Crippen molar-refractivity contribution in [2.45, 2.75) is 56.1 Å². The van der Waals surface area contributed by atoms with Gasteiger partial charge >= 0.3 is 5.97 Å². The van der Waals surface area contributed by atoms with Crippen LogP contribution in [0.5, 0.6) is 11.8 Å². The number of aromatic nitrogens is 2. The van der Waals surface area contributed by atoms with E-state index in [9.17, 15) is 9.90 Å². The number of hydrogen-bond acceptors (Lipinski definition) is 5. The van der Waals surface area contributed by atoms with Crippen LogP contribution in [0.2, 0.25) is 0 Å². The molecule has 7 nitrogen and oxygen atoms in total. The number of carbonyl (C=O) groups is 1. The van der Waals surface area contributed by atoms with E-state index in [1.165, 1.54) is 25.3 Å². The maximum atomic E-state index is 12.3. The molecule has 1 aromatic rings. The maximum absolute atomic E-state index is 12.3. The molecule has 1 spiro atoms. The Morgan fingerprint density at radius 1 is 1.26 bits per heavy atom. The Balaban J connectivity index is 2.03. The molecule has 0 amide bonds. The van der Waals surface area contributed by atoms with Gasteiger partial charge in [-0.05, 0) is 12.8 Å². The highest BCUT2D eigenvalue weighted by atomic mass is 16.5. The molecule has 2 fully saturated rings. The molecule has 2 aliphatic rings. The SMILES string of the molecule is COc1cc(OC)n(C2(C(=O)O)CCOC3(CCCCC3)C2)n1. The van der Waals surface area contributed by atoms with Gasteiger partial charge < -0.3 is 19.3 Å². The van der Waals surface area contributed by atoms with E-state index in [1.807, 2.05) is 0 Å². The van der Waals surface area contributed by atoms with Gasteiger partial charge in [0.1, 0.15) is 0 Å². The Bertz CT molecular complexity index is 574. The van der Waals surface area contributed by atoms with Gasteiger partial charge in [-0.3, -0.25) is 0 Å². The molecule has 3 rings (SSSR count). The van der Waals surface area contributed by atoms with Crippen molar-refractivity contribution in [3.05, 3.63) is 6.07 Å². The first kappa shape index (κ1) is 16.1. The van der Waals surface area contributed by atoms with Gasteiger partial charge in [0.15, 0.2) is 5.54 Å². The number of methoxy groups -OCH3 is 2. The third-order valence-corrected chi connectivity index (χ3v) is 5.18. The fourth-order valence-electron chi connectivity index (χ4n) is 3.98. The van der Waals surface area contributed by atoms with Crippen LogP contribution in [0.1, 0.15) is 44.9 Å². The van der Waals surface area contributed by atoms with Crippen molar-refractivity contribution in [2.24, 2.45) is 0 Å². The van der Waals surface area contributed by atoms with Gasteiger partial charge in [0.25, 0.3) is 0 Å². The minimum absolute atomic E-state index is 0.353. The van der Waals surface area contributed by atoms with Crippen molar-refractivity contribution in [1.82, 2.24) is 9.78 Å². The highest BCUT2D eigenvalue weighted by Gasteiger charge is 2.53. The molecule has 2 heterocycles. The molecule has 0 aromatic carbocycles. The summed E-state index contributed by atoms with van der Waals surface area (Å²) < 4.78 is 18.0. The van der Waals surface area contributed by atoms with Crippen molar-refractivity contribution >= 4 is 5.97 Å². The Labute approximate surface area is 135 Å². The number of carboxylic acid groups (broad SMARTS) is 1. The molecule has 1 saturated heterocycles. The number of carboxylic acids is 1. The average Bonchev–Trinajstić information content (AvgIpc) is 2.99.